The third kappa shape index (κ3) is 3.53. The lowest BCUT2D eigenvalue weighted by Gasteiger charge is -2.07. The zero-order valence-electron chi connectivity index (χ0n) is 7.94. The van der Waals surface area contributed by atoms with Crippen molar-refractivity contribution >= 4 is 21.9 Å². The van der Waals surface area contributed by atoms with Crippen LogP contribution >= 0.6 is 15.9 Å². The van der Waals surface area contributed by atoms with Crippen molar-refractivity contribution in [2.24, 2.45) is 0 Å². The zero-order valence-corrected chi connectivity index (χ0v) is 9.53. The van der Waals surface area contributed by atoms with Crippen LogP contribution in [-0.2, 0) is 0 Å². The Balaban J connectivity index is 2.76. The molecule has 2 N–H and O–H groups in total. The second-order valence-corrected chi connectivity index (χ2v) is 3.73. The lowest BCUT2D eigenvalue weighted by molar-refractivity contribution is 0.0696. The summed E-state index contributed by atoms with van der Waals surface area (Å²) in [5.41, 5.74) is 0.178. The molecule has 0 aliphatic carbocycles. The highest BCUT2D eigenvalue weighted by Gasteiger charge is 2.07. The van der Waals surface area contributed by atoms with Gasteiger partial charge in [0.25, 0.3) is 0 Å². The molecule has 1 aromatic carbocycles. The van der Waals surface area contributed by atoms with Crippen LogP contribution in [0.3, 0.4) is 0 Å². The molecule has 0 saturated carbocycles. The molecule has 0 amide bonds. The predicted octanol–water partition coefficient (Wildman–Crippen LogP) is 1.91. The lowest BCUT2D eigenvalue weighted by Crippen LogP contribution is -2.02. The van der Waals surface area contributed by atoms with E-state index in [9.17, 15) is 4.79 Å². The van der Waals surface area contributed by atoms with Gasteiger partial charge in [-0.3, -0.25) is 0 Å². The highest BCUT2D eigenvalue weighted by Crippen LogP contribution is 2.26. The number of hydrogen-bond donors (Lipinski definition) is 2. The van der Waals surface area contributed by atoms with Gasteiger partial charge in [0.15, 0.2) is 0 Å². The Morgan fingerprint density at radius 3 is 2.80 bits per heavy atom. The number of aliphatic hydroxyl groups is 1. The van der Waals surface area contributed by atoms with Gasteiger partial charge in [-0.25, -0.2) is 4.79 Å². The lowest BCUT2D eigenvalue weighted by atomic mass is 10.2. The molecule has 0 aliphatic heterocycles. The van der Waals surface area contributed by atoms with Gasteiger partial charge >= 0.3 is 5.97 Å². The highest BCUT2D eigenvalue weighted by molar-refractivity contribution is 9.10. The largest absolute Gasteiger partial charge is 0.492 e. The van der Waals surface area contributed by atoms with E-state index < -0.39 is 5.97 Å². The Kier molecular flexibility index (Phi) is 4.58. The quantitative estimate of drug-likeness (QED) is 0.805. The Bertz CT molecular complexity index is 351. The second kappa shape index (κ2) is 5.72. The van der Waals surface area contributed by atoms with E-state index in [-0.39, 0.29) is 12.2 Å². The van der Waals surface area contributed by atoms with Crippen LogP contribution in [0.1, 0.15) is 16.8 Å². The zero-order chi connectivity index (χ0) is 11.3. The van der Waals surface area contributed by atoms with E-state index in [0.717, 1.165) is 0 Å². The number of ether oxygens (including phenoxy) is 1. The summed E-state index contributed by atoms with van der Waals surface area (Å²) >= 11 is 3.25. The molecule has 1 rings (SSSR count). The third-order valence-corrected chi connectivity index (χ3v) is 2.39. The summed E-state index contributed by atoms with van der Waals surface area (Å²) in [6.07, 6.45) is 0.518. The van der Waals surface area contributed by atoms with Gasteiger partial charge in [0.1, 0.15) is 5.75 Å². The molecule has 0 saturated heterocycles. The molecule has 4 nitrogen and oxygen atoms in total. The minimum atomic E-state index is -0.991. The molecule has 0 fully saturated rings. The van der Waals surface area contributed by atoms with Gasteiger partial charge in [-0.15, -0.1) is 0 Å². The van der Waals surface area contributed by atoms with Gasteiger partial charge in [0.05, 0.1) is 16.6 Å². The first-order valence-electron chi connectivity index (χ1n) is 4.41. The maximum Gasteiger partial charge on any atom is 0.335 e. The molecule has 0 unspecified atom stereocenters. The Morgan fingerprint density at radius 2 is 2.20 bits per heavy atom. The molecule has 1 aromatic rings. The molecular formula is C10H11BrO4. The van der Waals surface area contributed by atoms with E-state index in [1.807, 2.05) is 0 Å². The van der Waals surface area contributed by atoms with Crippen LogP contribution in [0.4, 0.5) is 0 Å². The number of carboxylic acids is 1. The smallest absolute Gasteiger partial charge is 0.335 e. The number of hydrogen-bond acceptors (Lipinski definition) is 3. The maximum absolute atomic E-state index is 10.7. The Morgan fingerprint density at radius 1 is 1.47 bits per heavy atom. The Labute approximate surface area is 95.6 Å². The van der Waals surface area contributed by atoms with E-state index in [0.29, 0.717) is 23.2 Å². The van der Waals surface area contributed by atoms with Crippen LogP contribution in [0.5, 0.6) is 5.75 Å². The Hall–Kier alpha value is -1.07. The number of carboxylic acid groups (broad SMARTS) is 1. The highest BCUT2D eigenvalue weighted by atomic mass is 79.9. The van der Waals surface area contributed by atoms with Crippen molar-refractivity contribution in [2.45, 2.75) is 6.42 Å². The number of carbonyl (C=O) groups is 1. The molecule has 0 atom stereocenters. The molecule has 0 aromatic heterocycles. The average molecular weight is 275 g/mol. The fourth-order valence-corrected chi connectivity index (χ4v) is 1.35. The van der Waals surface area contributed by atoms with Crippen LogP contribution in [0.15, 0.2) is 22.7 Å². The fourth-order valence-electron chi connectivity index (χ4n) is 0.994. The third-order valence-electron chi connectivity index (χ3n) is 1.74. The van der Waals surface area contributed by atoms with Crippen LogP contribution in [0, 0.1) is 0 Å². The van der Waals surface area contributed by atoms with Gasteiger partial charge in [0.2, 0.25) is 0 Å². The van der Waals surface area contributed by atoms with E-state index >= 15 is 0 Å². The van der Waals surface area contributed by atoms with Crippen LogP contribution in [0.2, 0.25) is 0 Å². The summed E-state index contributed by atoms with van der Waals surface area (Å²) < 4.78 is 6.00. The number of aliphatic hydroxyl groups excluding tert-OH is 1. The second-order valence-electron chi connectivity index (χ2n) is 2.88. The SMILES string of the molecule is O=C(O)c1ccc(Br)c(OCCCO)c1. The van der Waals surface area contributed by atoms with Gasteiger partial charge in [-0.1, -0.05) is 0 Å². The monoisotopic (exact) mass is 274 g/mol. The number of aromatic carboxylic acids is 1. The summed E-state index contributed by atoms with van der Waals surface area (Å²) in [6, 6.07) is 4.56. The summed E-state index contributed by atoms with van der Waals surface area (Å²) in [5.74, 6) is -0.516. The number of halogens is 1. The van der Waals surface area contributed by atoms with Crippen molar-refractivity contribution in [1.82, 2.24) is 0 Å². The van der Waals surface area contributed by atoms with Crippen molar-refractivity contribution in [3.63, 3.8) is 0 Å². The molecule has 0 radical (unpaired) electrons. The first-order chi connectivity index (χ1) is 7.15. The van der Waals surface area contributed by atoms with Gasteiger partial charge in [-0.05, 0) is 34.1 Å². The average Bonchev–Trinajstić information content (AvgIpc) is 2.20. The topological polar surface area (TPSA) is 66.8 Å². The fraction of sp³-hybridized carbons (Fsp3) is 0.300. The van der Waals surface area contributed by atoms with E-state index in [1.165, 1.54) is 12.1 Å². The number of rotatable bonds is 5. The van der Waals surface area contributed by atoms with Crippen molar-refractivity contribution < 1.29 is 19.7 Å². The molecule has 0 spiro atoms. The van der Waals surface area contributed by atoms with Gasteiger partial charge in [0, 0.05) is 13.0 Å². The van der Waals surface area contributed by atoms with Crippen molar-refractivity contribution in [2.75, 3.05) is 13.2 Å². The minimum absolute atomic E-state index is 0.0518. The summed E-state index contributed by atoms with van der Waals surface area (Å²) in [5, 5.41) is 17.3. The molecular weight excluding hydrogens is 264 g/mol. The molecule has 82 valence electrons. The van der Waals surface area contributed by atoms with E-state index in [4.69, 9.17) is 14.9 Å². The standard InChI is InChI=1S/C10H11BrO4/c11-8-3-2-7(10(13)14)6-9(8)15-5-1-4-12/h2-3,6,12H,1,4-5H2,(H,13,14). The molecule has 0 heterocycles. The van der Waals surface area contributed by atoms with Gasteiger partial charge < -0.3 is 14.9 Å². The first kappa shape index (κ1) is 12.0. The molecule has 0 bridgehead atoms. The van der Waals surface area contributed by atoms with Crippen LogP contribution in [-0.4, -0.2) is 29.4 Å². The summed E-state index contributed by atoms with van der Waals surface area (Å²) in [4.78, 5) is 10.7. The normalized spacial score (nSPS) is 10.0. The van der Waals surface area contributed by atoms with E-state index in [2.05, 4.69) is 15.9 Å². The molecule has 0 aliphatic rings. The van der Waals surface area contributed by atoms with Crippen molar-refractivity contribution in [3.05, 3.63) is 28.2 Å². The minimum Gasteiger partial charge on any atom is -0.492 e. The molecule has 15 heavy (non-hydrogen) atoms. The maximum atomic E-state index is 10.7. The molecule has 5 heteroatoms. The number of benzene rings is 1. The summed E-state index contributed by atoms with van der Waals surface area (Å²) in [7, 11) is 0. The first-order valence-corrected chi connectivity index (χ1v) is 5.21. The van der Waals surface area contributed by atoms with Crippen LogP contribution < -0.4 is 4.74 Å². The van der Waals surface area contributed by atoms with E-state index in [1.54, 1.807) is 6.07 Å². The van der Waals surface area contributed by atoms with Gasteiger partial charge in [-0.2, -0.15) is 0 Å². The van der Waals surface area contributed by atoms with Crippen molar-refractivity contribution in [1.29, 1.82) is 0 Å². The van der Waals surface area contributed by atoms with Crippen molar-refractivity contribution in [3.8, 4) is 5.75 Å². The van der Waals surface area contributed by atoms with Crippen LogP contribution in [0.25, 0.3) is 0 Å². The summed E-state index contributed by atoms with van der Waals surface area (Å²) in [6.45, 7) is 0.411. The predicted molar refractivity (Wildman–Crippen MR) is 58.3 cm³/mol.